The normalized spacial score (nSPS) is 10.3. The average molecular weight is 248 g/mol. The van der Waals surface area contributed by atoms with Gasteiger partial charge in [-0.25, -0.2) is 4.98 Å². The van der Waals surface area contributed by atoms with Crippen LogP contribution in [0.15, 0.2) is 36.7 Å². The molecule has 0 aliphatic rings. The van der Waals surface area contributed by atoms with Crippen LogP contribution in [0, 0.1) is 6.92 Å². The molecule has 0 fully saturated rings. The fraction of sp³-hybridized carbons (Fsp3) is 0.231. The number of hydrogen-bond acceptors (Lipinski definition) is 3. The predicted molar refractivity (Wildman–Crippen MR) is 70.3 cm³/mol. The van der Waals surface area contributed by atoms with Crippen molar-refractivity contribution in [1.82, 2.24) is 9.97 Å². The lowest BCUT2D eigenvalue weighted by Gasteiger charge is -2.20. The topological polar surface area (TPSA) is 29.0 Å². The first-order valence-electron chi connectivity index (χ1n) is 5.40. The van der Waals surface area contributed by atoms with Gasteiger partial charge >= 0.3 is 0 Å². The molecule has 0 saturated heterocycles. The number of nitrogens with zero attached hydrogens (tertiary/aromatic N) is 3. The number of benzene rings is 1. The lowest BCUT2D eigenvalue weighted by Crippen LogP contribution is -2.18. The highest BCUT2D eigenvalue weighted by molar-refractivity contribution is 6.29. The van der Waals surface area contributed by atoms with Crippen molar-refractivity contribution in [2.75, 3.05) is 11.9 Å². The summed E-state index contributed by atoms with van der Waals surface area (Å²) in [6, 6.07) is 8.26. The maximum absolute atomic E-state index is 5.70. The summed E-state index contributed by atoms with van der Waals surface area (Å²) in [4.78, 5) is 10.4. The van der Waals surface area contributed by atoms with Crippen LogP contribution in [-0.2, 0) is 6.54 Å². The SMILES string of the molecule is Cc1ccccc1N(C)Cc1cnc(Cl)cn1. The van der Waals surface area contributed by atoms with Gasteiger partial charge in [0.05, 0.1) is 24.6 Å². The summed E-state index contributed by atoms with van der Waals surface area (Å²) in [5.74, 6) is 0. The smallest absolute Gasteiger partial charge is 0.147 e. The van der Waals surface area contributed by atoms with Gasteiger partial charge in [0.15, 0.2) is 0 Å². The average Bonchev–Trinajstić information content (AvgIpc) is 2.32. The Kier molecular flexibility index (Phi) is 3.59. The summed E-state index contributed by atoms with van der Waals surface area (Å²) in [5.41, 5.74) is 3.35. The van der Waals surface area contributed by atoms with Gasteiger partial charge in [0.1, 0.15) is 5.15 Å². The molecule has 0 atom stereocenters. The van der Waals surface area contributed by atoms with E-state index < -0.39 is 0 Å². The van der Waals surface area contributed by atoms with Gasteiger partial charge < -0.3 is 4.90 Å². The quantitative estimate of drug-likeness (QED) is 0.835. The van der Waals surface area contributed by atoms with E-state index in [-0.39, 0.29) is 0 Å². The molecule has 0 aliphatic carbocycles. The first-order chi connectivity index (χ1) is 8.16. The molecule has 0 unspecified atom stereocenters. The standard InChI is InChI=1S/C13H14ClN3/c1-10-5-3-4-6-12(10)17(2)9-11-7-16-13(14)8-15-11/h3-8H,9H2,1-2H3. The Bertz CT molecular complexity index is 496. The lowest BCUT2D eigenvalue weighted by molar-refractivity contribution is 0.869. The van der Waals surface area contributed by atoms with Crippen molar-refractivity contribution in [3.05, 3.63) is 53.1 Å². The number of aromatic nitrogens is 2. The van der Waals surface area contributed by atoms with Crippen molar-refractivity contribution in [1.29, 1.82) is 0 Å². The van der Waals surface area contributed by atoms with Crippen molar-refractivity contribution >= 4 is 17.3 Å². The number of para-hydroxylation sites is 1. The second-order valence-corrected chi connectivity index (χ2v) is 4.36. The zero-order chi connectivity index (χ0) is 12.3. The number of aryl methyl sites for hydroxylation is 1. The van der Waals surface area contributed by atoms with E-state index >= 15 is 0 Å². The van der Waals surface area contributed by atoms with Gasteiger partial charge in [0.2, 0.25) is 0 Å². The van der Waals surface area contributed by atoms with Crippen LogP contribution in [0.1, 0.15) is 11.3 Å². The molecule has 0 saturated carbocycles. The van der Waals surface area contributed by atoms with Gasteiger partial charge in [-0.15, -0.1) is 0 Å². The van der Waals surface area contributed by atoms with Crippen LogP contribution >= 0.6 is 11.6 Å². The van der Waals surface area contributed by atoms with Gasteiger partial charge in [-0.3, -0.25) is 4.98 Å². The second-order valence-electron chi connectivity index (χ2n) is 3.97. The first kappa shape index (κ1) is 11.9. The summed E-state index contributed by atoms with van der Waals surface area (Å²) < 4.78 is 0. The van der Waals surface area contributed by atoms with Gasteiger partial charge in [-0.1, -0.05) is 29.8 Å². The summed E-state index contributed by atoms with van der Waals surface area (Å²) in [7, 11) is 2.04. The molecule has 0 N–H and O–H groups in total. The number of halogens is 1. The Morgan fingerprint density at radius 1 is 1.18 bits per heavy atom. The summed E-state index contributed by atoms with van der Waals surface area (Å²) in [6.45, 7) is 2.81. The fourth-order valence-electron chi connectivity index (χ4n) is 1.74. The Morgan fingerprint density at radius 2 is 1.94 bits per heavy atom. The van der Waals surface area contributed by atoms with Crippen LogP contribution in [0.5, 0.6) is 0 Å². The maximum Gasteiger partial charge on any atom is 0.147 e. The molecule has 0 bridgehead atoms. The second kappa shape index (κ2) is 5.15. The van der Waals surface area contributed by atoms with E-state index in [1.165, 1.54) is 11.3 Å². The van der Waals surface area contributed by atoms with Crippen molar-refractivity contribution in [3.8, 4) is 0 Å². The van der Waals surface area contributed by atoms with E-state index in [1.54, 1.807) is 12.4 Å². The Balaban J connectivity index is 2.14. The van der Waals surface area contributed by atoms with E-state index in [1.807, 2.05) is 19.2 Å². The number of anilines is 1. The Morgan fingerprint density at radius 3 is 2.59 bits per heavy atom. The van der Waals surface area contributed by atoms with E-state index in [2.05, 4.69) is 33.9 Å². The molecule has 4 heteroatoms. The van der Waals surface area contributed by atoms with Crippen LogP contribution in [-0.4, -0.2) is 17.0 Å². The molecule has 0 amide bonds. The van der Waals surface area contributed by atoms with Gasteiger partial charge in [-0.05, 0) is 18.6 Å². The largest absolute Gasteiger partial charge is 0.368 e. The molecule has 17 heavy (non-hydrogen) atoms. The summed E-state index contributed by atoms with van der Waals surface area (Å²) in [6.07, 6.45) is 3.28. The minimum atomic E-state index is 0.423. The van der Waals surface area contributed by atoms with E-state index in [0.29, 0.717) is 5.15 Å². The summed E-state index contributed by atoms with van der Waals surface area (Å²) >= 11 is 5.70. The molecule has 0 spiro atoms. The predicted octanol–water partition coefficient (Wildman–Crippen LogP) is 3.07. The molecule has 0 radical (unpaired) electrons. The van der Waals surface area contributed by atoms with Crippen LogP contribution in [0.3, 0.4) is 0 Å². The molecule has 1 aromatic carbocycles. The molecular weight excluding hydrogens is 234 g/mol. The minimum absolute atomic E-state index is 0.423. The molecule has 88 valence electrons. The zero-order valence-electron chi connectivity index (χ0n) is 9.89. The van der Waals surface area contributed by atoms with Crippen molar-refractivity contribution in [2.24, 2.45) is 0 Å². The van der Waals surface area contributed by atoms with Crippen molar-refractivity contribution < 1.29 is 0 Å². The number of rotatable bonds is 3. The zero-order valence-corrected chi connectivity index (χ0v) is 10.6. The monoisotopic (exact) mass is 247 g/mol. The molecule has 2 rings (SSSR count). The van der Waals surface area contributed by atoms with Crippen LogP contribution < -0.4 is 4.90 Å². The van der Waals surface area contributed by atoms with Crippen LogP contribution in [0.2, 0.25) is 5.15 Å². The van der Waals surface area contributed by atoms with Crippen LogP contribution in [0.25, 0.3) is 0 Å². The third kappa shape index (κ3) is 2.94. The molecule has 1 heterocycles. The Hall–Kier alpha value is -1.61. The third-order valence-corrected chi connectivity index (χ3v) is 2.79. The van der Waals surface area contributed by atoms with Crippen LogP contribution in [0.4, 0.5) is 5.69 Å². The highest BCUT2D eigenvalue weighted by Gasteiger charge is 2.05. The molecule has 2 aromatic rings. The third-order valence-electron chi connectivity index (χ3n) is 2.60. The summed E-state index contributed by atoms with van der Waals surface area (Å²) in [5, 5.41) is 0.423. The molecule has 1 aromatic heterocycles. The van der Waals surface area contributed by atoms with Gasteiger partial charge in [0.25, 0.3) is 0 Å². The Labute approximate surface area is 106 Å². The van der Waals surface area contributed by atoms with E-state index in [9.17, 15) is 0 Å². The highest BCUT2D eigenvalue weighted by atomic mass is 35.5. The van der Waals surface area contributed by atoms with Gasteiger partial charge in [0, 0.05) is 12.7 Å². The van der Waals surface area contributed by atoms with Crippen molar-refractivity contribution in [3.63, 3.8) is 0 Å². The molecular formula is C13H14ClN3. The first-order valence-corrected chi connectivity index (χ1v) is 5.78. The highest BCUT2D eigenvalue weighted by Crippen LogP contribution is 2.19. The van der Waals surface area contributed by atoms with Gasteiger partial charge in [-0.2, -0.15) is 0 Å². The molecule has 3 nitrogen and oxygen atoms in total. The van der Waals surface area contributed by atoms with Crippen molar-refractivity contribution in [2.45, 2.75) is 13.5 Å². The maximum atomic E-state index is 5.70. The lowest BCUT2D eigenvalue weighted by atomic mass is 10.2. The molecule has 0 aliphatic heterocycles. The van der Waals surface area contributed by atoms with E-state index in [4.69, 9.17) is 11.6 Å². The number of hydrogen-bond donors (Lipinski definition) is 0. The minimum Gasteiger partial charge on any atom is -0.368 e. The fourth-order valence-corrected chi connectivity index (χ4v) is 1.84. The van der Waals surface area contributed by atoms with E-state index in [0.717, 1.165) is 12.2 Å².